The van der Waals surface area contributed by atoms with Crippen molar-refractivity contribution in [3.05, 3.63) is 28.5 Å². The van der Waals surface area contributed by atoms with Crippen molar-refractivity contribution in [3.63, 3.8) is 0 Å². The number of hydrogen-bond acceptors (Lipinski definition) is 3. The van der Waals surface area contributed by atoms with Crippen LogP contribution in [0.25, 0.3) is 0 Å². The molecule has 8 heteroatoms. The van der Waals surface area contributed by atoms with Crippen molar-refractivity contribution in [2.75, 3.05) is 6.54 Å². The molecule has 0 unspecified atom stereocenters. The summed E-state index contributed by atoms with van der Waals surface area (Å²) >= 11 is 3.02. The molecule has 0 aliphatic carbocycles. The molecule has 0 saturated heterocycles. The highest BCUT2D eigenvalue weighted by Crippen LogP contribution is 2.27. The topological polar surface area (TPSA) is 74.7 Å². The van der Waals surface area contributed by atoms with Gasteiger partial charge in [-0.05, 0) is 48.0 Å². The van der Waals surface area contributed by atoms with Crippen LogP contribution in [-0.2, 0) is 14.8 Å². The van der Waals surface area contributed by atoms with Crippen LogP contribution < -0.4 is 0 Å². The van der Waals surface area contributed by atoms with Gasteiger partial charge in [-0.3, -0.25) is 4.79 Å². The van der Waals surface area contributed by atoms with Gasteiger partial charge in [0.2, 0.25) is 10.0 Å². The molecule has 0 radical (unpaired) electrons. The van der Waals surface area contributed by atoms with Crippen molar-refractivity contribution in [2.24, 2.45) is 0 Å². The van der Waals surface area contributed by atoms with E-state index < -0.39 is 27.9 Å². The molecule has 0 aliphatic heterocycles. The van der Waals surface area contributed by atoms with Gasteiger partial charge in [-0.25, -0.2) is 12.8 Å². The lowest BCUT2D eigenvalue weighted by Gasteiger charge is -2.25. The number of benzene rings is 1. The molecule has 0 spiro atoms. The molecule has 1 aromatic carbocycles. The minimum atomic E-state index is -3.89. The van der Waals surface area contributed by atoms with Gasteiger partial charge in [0.05, 0.1) is 11.3 Å². The minimum Gasteiger partial charge on any atom is -0.481 e. The average molecular weight is 368 g/mol. The number of carboxylic acid groups (broad SMARTS) is 1. The number of sulfonamides is 1. The summed E-state index contributed by atoms with van der Waals surface area (Å²) < 4.78 is 39.2. The van der Waals surface area contributed by atoms with Gasteiger partial charge in [0.15, 0.2) is 0 Å². The third-order valence-corrected chi connectivity index (χ3v) is 5.65. The molecule has 0 bridgehead atoms. The van der Waals surface area contributed by atoms with E-state index in [0.29, 0.717) is 0 Å². The van der Waals surface area contributed by atoms with Crippen LogP contribution in [0, 0.1) is 5.82 Å². The minimum absolute atomic E-state index is 0.0852. The van der Waals surface area contributed by atoms with Gasteiger partial charge in [-0.15, -0.1) is 0 Å². The maximum Gasteiger partial charge on any atom is 0.304 e. The molecule has 1 N–H and O–H groups in total. The molecule has 0 heterocycles. The molecule has 0 amide bonds. The lowest BCUT2D eigenvalue weighted by atomic mass is 10.3. The Morgan fingerprint density at radius 2 is 2.05 bits per heavy atom. The Morgan fingerprint density at radius 3 is 2.50 bits per heavy atom. The van der Waals surface area contributed by atoms with Crippen LogP contribution in [-0.4, -0.2) is 36.4 Å². The highest BCUT2D eigenvalue weighted by atomic mass is 79.9. The molecular formula is C12H15BrFNO4S. The van der Waals surface area contributed by atoms with Crippen LogP contribution in [0.3, 0.4) is 0 Å². The van der Waals surface area contributed by atoms with Gasteiger partial charge in [-0.2, -0.15) is 4.31 Å². The lowest BCUT2D eigenvalue weighted by Crippen LogP contribution is -2.38. The summed E-state index contributed by atoms with van der Waals surface area (Å²) in [5, 5.41) is 8.69. The Bertz CT molecular complexity index is 603. The summed E-state index contributed by atoms with van der Waals surface area (Å²) in [7, 11) is -3.89. The van der Waals surface area contributed by atoms with E-state index in [4.69, 9.17) is 5.11 Å². The van der Waals surface area contributed by atoms with Gasteiger partial charge in [0.25, 0.3) is 0 Å². The van der Waals surface area contributed by atoms with E-state index in [1.807, 2.05) is 0 Å². The Labute approximate surface area is 125 Å². The Kier molecular flexibility index (Phi) is 5.67. The fraction of sp³-hybridized carbons (Fsp3) is 0.417. The van der Waals surface area contributed by atoms with E-state index in [1.54, 1.807) is 13.8 Å². The molecule has 0 atom stereocenters. The summed E-state index contributed by atoms with van der Waals surface area (Å²) in [5.74, 6) is -1.64. The van der Waals surface area contributed by atoms with Crippen LogP contribution in [0.15, 0.2) is 27.6 Å². The molecule has 1 rings (SSSR count). The number of halogens is 2. The van der Waals surface area contributed by atoms with Crippen LogP contribution >= 0.6 is 15.9 Å². The smallest absolute Gasteiger partial charge is 0.304 e. The molecular weight excluding hydrogens is 353 g/mol. The number of carbonyl (C=O) groups is 1. The largest absolute Gasteiger partial charge is 0.481 e. The molecule has 0 aromatic heterocycles. The summed E-state index contributed by atoms with van der Waals surface area (Å²) in [4.78, 5) is 10.5. The van der Waals surface area contributed by atoms with Crippen molar-refractivity contribution in [1.29, 1.82) is 0 Å². The molecule has 0 saturated carbocycles. The van der Waals surface area contributed by atoms with Crippen molar-refractivity contribution in [2.45, 2.75) is 31.2 Å². The van der Waals surface area contributed by atoms with Crippen molar-refractivity contribution >= 4 is 31.9 Å². The molecule has 0 fully saturated rings. The normalized spacial score (nSPS) is 12.1. The van der Waals surface area contributed by atoms with Gasteiger partial charge in [-0.1, -0.05) is 0 Å². The summed E-state index contributed by atoms with van der Waals surface area (Å²) in [6.45, 7) is 3.16. The van der Waals surface area contributed by atoms with Gasteiger partial charge >= 0.3 is 5.97 Å². The highest BCUT2D eigenvalue weighted by molar-refractivity contribution is 9.10. The zero-order valence-electron chi connectivity index (χ0n) is 11.0. The van der Waals surface area contributed by atoms with Gasteiger partial charge < -0.3 is 5.11 Å². The molecule has 112 valence electrons. The zero-order valence-corrected chi connectivity index (χ0v) is 13.4. The quantitative estimate of drug-likeness (QED) is 0.837. The average Bonchev–Trinajstić information content (AvgIpc) is 2.26. The van der Waals surface area contributed by atoms with Crippen molar-refractivity contribution in [1.82, 2.24) is 4.31 Å². The molecule has 1 aromatic rings. The maximum absolute atomic E-state index is 13.0. The van der Waals surface area contributed by atoms with E-state index in [2.05, 4.69) is 15.9 Å². The van der Waals surface area contributed by atoms with E-state index in [-0.39, 0.29) is 22.3 Å². The standard InChI is InChI=1S/C12H15BrFNO4S/c1-8(2)15(6-5-12(16)17)20(18,19)11-4-3-9(14)7-10(11)13/h3-4,7-8H,5-6H2,1-2H3,(H,16,17). The Balaban J connectivity index is 3.19. The summed E-state index contributed by atoms with van der Waals surface area (Å²) in [6.07, 6.45) is -0.295. The number of rotatable bonds is 6. The predicted octanol–water partition coefficient (Wildman–Crippen LogP) is 2.46. The Morgan fingerprint density at radius 1 is 1.45 bits per heavy atom. The van der Waals surface area contributed by atoms with Crippen LogP contribution in [0.1, 0.15) is 20.3 Å². The van der Waals surface area contributed by atoms with E-state index in [9.17, 15) is 17.6 Å². The second kappa shape index (κ2) is 6.64. The fourth-order valence-electron chi connectivity index (χ4n) is 1.67. The first-order valence-corrected chi connectivity index (χ1v) is 8.08. The SMILES string of the molecule is CC(C)N(CCC(=O)O)S(=O)(=O)c1ccc(F)cc1Br. The number of carboxylic acids is 1. The molecule has 20 heavy (non-hydrogen) atoms. The molecule has 0 aliphatic rings. The number of nitrogens with zero attached hydrogens (tertiary/aromatic N) is 1. The lowest BCUT2D eigenvalue weighted by molar-refractivity contribution is -0.137. The van der Waals surface area contributed by atoms with E-state index in [1.165, 1.54) is 0 Å². The highest BCUT2D eigenvalue weighted by Gasteiger charge is 2.29. The van der Waals surface area contributed by atoms with Crippen molar-refractivity contribution in [3.8, 4) is 0 Å². The zero-order chi connectivity index (χ0) is 15.5. The van der Waals surface area contributed by atoms with E-state index in [0.717, 1.165) is 22.5 Å². The third-order valence-electron chi connectivity index (χ3n) is 2.60. The van der Waals surface area contributed by atoms with E-state index >= 15 is 0 Å². The van der Waals surface area contributed by atoms with Crippen LogP contribution in [0.5, 0.6) is 0 Å². The van der Waals surface area contributed by atoms with Crippen molar-refractivity contribution < 1.29 is 22.7 Å². The summed E-state index contributed by atoms with van der Waals surface area (Å²) in [6, 6.07) is 2.86. The second-order valence-corrected chi connectivity index (χ2v) is 7.14. The number of hydrogen-bond donors (Lipinski definition) is 1. The first-order valence-electron chi connectivity index (χ1n) is 5.85. The van der Waals surface area contributed by atoms with Crippen LogP contribution in [0.4, 0.5) is 4.39 Å². The number of aliphatic carboxylic acids is 1. The van der Waals surface area contributed by atoms with Gasteiger partial charge in [0, 0.05) is 17.1 Å². The Hall–Kier alpha value is -0.990. The maximum atomic E-state index is 13.0. The monoisotopic (exact) mass is 367 g/mol. The second-order valence-electron chi connectivity index (χ2n) is 4.43. The fourth-order valence-corrected chi connectivity index (χ4v) is 4.32. The molecule has 5 nitrogen and oxygen atoms in total. The third kappa shape index (κ3) is 4.00. The van der Waals surface area contributed by atoms with Crippen LogP contribution in [0.2, 0.25) is 0 Å². The summed E-state index contributed by atoms with van der Waals surface area (Å²) in [5.41, 5.74) is 0. The van der Waals surface area contributed by atoms with Gasteiger partial charge in [0.1, 0.15) is 5.82 Å². The predicted molar refractivity (Wildman–Crippen MR) is 75.4 cm³/mol. The first kappa shape index (κ1) is 17.1. The first-order chi connectivity index (χ1) is 9.16.